The zero-order chi connectivity index (χ0) is 11.4. The number of rotatable bonds is 1. The van der Waals surface area contributed by atoms with Crippen LogP contribution in [0.15, 0.2) is 24.3 Å². The first-order valence-corrected chi connectivity index (χ1v) is 5.33. The number of halogens is 1. The van der Waals surface area contributed by atoms with Gasteiger partial charge in [-0.2, -0.15) is 0 Å². The lowest BCUT2D eigenvalue weighted by atomic mass is 10.3. The highest BCUT2D eigenvalue weighted by Gasteiger charge is 2.15. The predicted octanol–water partition coefficient (Wildman–Crippen LogP) is 1.96. The lowest BCUT2D eigenvalue weighted by molar-refractivity contribution is 0.166. The van der Waals surface area contributed by atoms with Crippen molar-refractivity contribution in [2.24, 2.45) is 0 Å². The summed E-state index contributed by atoms with van der Waals surface area (Å²) in [6, 6.07) is 5.51. The minimum atomic E-state index is -0.311. The van der Waals surface area contributed by atoms with Crippen LogP contribution in [-0.2, 0) is 0 Å². The van der Waals surface area contributed by atoms with Gasteiger partial charge in [-0.3, -0.25) is 5.01 Å². The number of anilines is 1. The van der Waals surface area contributed by atoms with Crippen molar-refractivity contribution < 1.29 is 9.18 Å². The smallest absolute Gasteiger partial charge is 0.307 e. The number of hydrogen-bond acceptors (Lipinski definition) is 2. The van der Waals surface area contributed by atoms with Crippen LogP contribution in [0, 0.1) is 5.82 Å². The summed E-state index contributed by atoms with van der Waals surface area (Å²) in [6.07, 6.45) is 2.09. The largest absolute Gasteiger partial charge is 0.336 e. The number of benzene rings is 1. The summed E-state index contributed by atoms with van der Waals surface area (Å²) in [7, 11) is 0. The third-order valence-corrected chi connectivity index (χ3v) is 2.45. The molecule has 4 nitrogen and oxygen atoms in total. The van der Waals surface area contributed by atoms with E-state index in [0.29, 0.717) is 12.2 Å². The highest BCUT2D eigenvalue weighted by Crippen LogP contribution is 2.09. The summed E-state index contributed by atoms with van der Waals surface area (Å²) >= 11 is 0. The van der Waals surface area contributed by atoms with Gasteiger partial charge in [0.25, 0.3) is 0 Å². The summed E-state index contributed by atoms with van der Waals surface area (Å²) in [5, 5.41) is 4.25. The van der Waals surface area contributed by atoms with Gasteiger partial charge in [0.2, 0.25) is 0 Å². The molecule has 0 radical (unpaired) electrons. The van der Waals surface area contributed by atoms with Crippen molar-refractivity contribution in [3.05, 3.63) is 30.1 Å². The van der Waals surface area contributed by atoms with Gasteiger partial charge in [0, 0.05) is 18.8 Å². The van der Waals surface area contributed by atoms with E-state index >= 15 is 0 Å². The number of urea groups is 1. The number of hydrogen-bond donors (Lipinski definition) is 2. The Balaban J connectivity index is 1.93. The van der Waals surface area contributed by atoms with Crippen LogP contribution in [0.25, 0.3) is 0 Å². The van der Waals surface area contributed by atoms with E-state index in [4.69, 9.17) is 0 Å². The van der Waals surface area contributed by atoms with Crippen molar-refractivity contribution in [1.29, 1.82) is 0 Å². The summed E-state index contributed by atoms with van der Waals surface area (Å²) in [5.74, 6) is -0.311. The molecule has 0 aliphatic carbocycles. The lowest BCUT2D eigenvalue weighted by Crippen LogP contribution is -2.48. The Morgan fingerprint density at radius 1 is 1.31 bits per heavy atom. The SMILES string of the molecule is O=C(Nc1ccc(F)cc1)N1CCCCN1. The normalized spacial score (nSPS) is 15.9. The van der Waals surface area contributed by atoms with Gasteiger partial charge in [0.15, 0.2) is 0 Å². The monoisotopic (exact) mass is 223 g/mol. The van der Waals surface area contributed by atoms with Crippen LogP contribution >= 0.6 is 0 Å². The van der Waals surface area contributed by atoms with E-state index in [1.54, 1.807) is 5.01 Å². The highest BCUT2D eigenvalue weighted by molar-refractivity contribution is 5.88. The molecule has 1 aliphatic rings. The summed E-state index contributed by atoms with van der Waals surface area (Å²) in [4.78, 5) is 11.7. The molecule has 0 bridgehead atoms. The van der Waals surface area contributed by atoms with Gasteiger partial charge in [-0.15, -0.1) is 0 Å². The topological polar surface area (TPSA) is 44.4 Å². The van der Waals surface area contributed by atoms with Gasteiger partial charge in [0.05, 0.1) is 0 Å². The Morgan fingerprint density at radius 3 is 2.69 bits per heavy atom. The summed E-state index contributed by atoms with van der Waals surface area (Å²) < 4.78 is 12.6. The molecule has 16 heavy (non-hydrogen) atoms. The fourth-order valence-corrected chi connectivity index (χ4v) is 1.59. The Labute approximate surface area is 93.4 Å². The number of amides is 2. The average molecular weight is 223 g/mol. The maximum absolute atomic E-state index is 12.6. The number of nitrogens with zero attached hydrogens (tertiary/aromatic N) is 1. The standard InChI is InChI=1S/C11H14FN3O/c12-9-3-5-10(6-4-9)14-11(16)15-8-2-1-7-13-15/h3-6,13H,1-2,7-8H2,(H,14,16). The number of hydrazine groups is 1. The second-order valence-corrected chi connectivity index (χ2v) is 3.70. The van der Waals surface area contributed by atoms with Crippen molar-refractivity contribution in [2.45, 2.75) is 12.8 Å². The van der Waals surface area contributed by atoms with E-state index < -0.39 is 0 Å². The minimum Gasteiger partial charge on any atom is -0.307 e. The molecule has 1 saturated heterocycles. The van der Waals surface area contributed by atoms with E-state index in [2.05, 4.69) is 10.7 Å². The van der Waals surface area contributed by atoms with Gasteiger partial charge < -0.3 is 5.32 Å². The maximum atomic E-state index is 12.6. The third-order valence-electron chi connectivity index (χ3n) is 2.45. The molecular formula is C11H14FN3O. The molecule has 1 aromatic rings. The lowest BCUT2D eigenvalue weighted by Gasteiger charge is -2.27. The molecule has 2 N–H and O–H groups in total. The van der Waals surface area contributed by atoms with E-state index in [1.165, 1.54) is 24.3 Å². The quantitative estimate of drug-likeness (QED) is 0.764. The van der Waals surface area contributed by atoms with Crippen molar-refractivity contribution in [1.82, 2.24) is 10.4 Å². The molecule has 2 amide bonds. The Kier molecular flexibility index (Phi) is 3.36. The predicted molar refractivity (Wildman–Crippen MR) is 59.4 cm³/mol. The third kappa shape index (κ3) is 2.70. The second kappa shape index (κ2) is 4.94. The van der Waals surface area contributed by atoms with Crippen LogP contribution in [0.1, 0.15) is 12.8 Å². The first-order valence-electron chi connectivity index (χ1n) is 5.33. The van der Waals surface area contributed by atoms with Crippen LogP contribution in [0.3, 0.4) is 0 Å². The van der Waals surface area contributed by atoms with Crippen molar-refractivity contribution >= 4 is 11.7 Å². The molecular weight excluding hydrogens is 209 g/mol. The van der Waals surface area contributed by atoms with Gasteiger partial charge >= 0.3 is 6.03 Å². The Bertz CT molecular complexity index is 360. The van der Waals surface area contributed by atoms with Crippen LogP contribution in [0.4, 0.5) is 14.9 Å². The van der Waals surface area contributed by atoms with Crippen LogP contribution in [0.5, 0.6) is 0 Å². The number of nitrogens with one attached hydrogen (secondary N) is 2. The van der Waals surface area contributed by atoms with E-state index in [-0.39, 0.29) is 11.8 Å². The molecule has 0 aromatic heterocycles. The molecule has 0 unspecified atom stereocenters. The molecule has 0 spiro atoms. The van der Waals surface area contributed by atoms with Crippen LogP contribution in [-0.4, -0.2) is 24.1 Å². The molecule has 1 aliphatic heterocycles. The number of carbonyl (C=O) groups is 1. The zero-order valence-corrected chi connectivity index (χ0v) is 8.87. The molecule has 0 atom stereocenters. The summed E-state index contributed by atoms with van der Waals surface area (Å²) in [6.45, 7) is 1.52. The Morgan fingerprint density at radius 2 is 2.06 bits per heavy atom. The molecule has 0 saturated carbocycles. The van der Waals surface area contributed by atoms with Crippen LogP contribution < -0.4 is 10.7 Å². The van der Waals surface area contributed by atoms with E-state index in [1.807, 2.05) is 0 Å². The molecule has 1 heterocycles. The first kappa shape index (κ1) is 10.9. The van der Waals surface area contributed by atoms with Gasteiger partial charge in [0.1, 0.15) is 5.82 Å². The number of carbonyl (C=O) groups excluding carboxylic acids is 1. The minimum absolute atomic E-state index is 0.202. The molecule has 86 valence electrons. The fourth-order valence-electron chi connectivity index (χ4n) is 1.59. The molecule has 1 aromatic carbocycles. The highest BCUT2D eigenvalue weighted by atomic mass is 19.1. The van der Waals surface area contributed by atoms with Gasteiger partial charge in [-0.1, -0.05) is 0 Å². The molecule has 5 heteroatoms. The van der Waals surface area contributed by atoms with Crippen molar-refractivity contribution in [2.75, 3.05) is 18.4 Å². The van der Waals surface area contributed by atoms with E-state index in [9.17, 15) is 9.18 Å². The zero-order valence-electron chi connectivity index (χ0n) is 8.87. The maximum Gasteiger partial charge on any atom is 0.336 e. The summed E-state index contributed by atoms with van der Waals surface area (Å²) in [5.41, 5.74) is 3.59. The molecule has 1 fully saturated rings. The van der Waals surface area contributed by atoms with Gasteiger partial charge in [-0.25, -0.2) is 14.6 Å². The second-order valence-electron chi connectivity index (χ2n) is 3.70. The van der Waals surface area contributed by atoms with E-state index in [0.717, 1.165) is 19.4 Å². The van der Waals surface area contributed by atoms with Crippen molar-refractivity contribution in [3.8, 4) is 0 Å². The fraction of sp³-hybridized carbons (Fsp3) is 0.364. The van der Waals surface area contributed by atoms with Gasteiger partial charge in [-0.05, 0) is 37.1 Å². The molecule has 2 rings (SSSR count). The Hall–Kier alpha value is -1.62. The van der Waals surface area contributed by atoms with Crippen LogP contribution in [0.2, 0.25) is 0 Å². The van der Waals surface area contributed by atoms with Crippen molar-refractivity contribution in [3.63, 3.8) is 0 Å². The first-order chi connectivity index (χ1) is 7.75. The average Bonchev–Trinajstić information content (AvgIpc) is 2.33.